The topological polar surface area (TPSA) is 116 Å². The summed E-state index contributed by atoms with van der Waals surface area (Å²) in [4.78, 5) is 34.6. The van der Waals surface area contributed by atoms with Crippen LogP contribution in [0.25, 0.3) is 22.2 Å². The molecule has 4 aromatic carbocycles. The van der Waals surface area contributed by atoms with Crippen LogP contribution >= 0.6 is 0 Å². The van der Waals surface area contributed by atoms with E-state index in [-0.39, 0.29) is 25.0 Å². The third-order valence-electron chi connectivity index (χ3n) is 6.20. The lowest BCUT2D eigenvalue weighted by Crippen LogP contribution is -2.26. The Morgan fingerprint density at radius 2 is 1.51 bits per heavy atom. The summed E-state index contributed by atoms with van der Waals surface area (Å²) in [6, 6.07) is 29.9. The Morgan fingerprint density at radius 3 is 2.28 bits per heavy atom. The Labute approximate surface area is 225 Å². The maximum absolute atomic E-state index is 12.9. The number of hydrogen-bond acceptors (Lipinski definition) is 6. The number of para-hydroxylation sites is 1. The van der Waals surface area contributed by atoms with E-state index in [9.17, 15) is 9.59 Å². The van der Waals surface area contributed by atoms with E-state index in [1.165, 1.54) is 0 Å². The fraction of sp³-hybridized carbons (Fsp3) is 0.0968. The van der Waals surface area contributed by atoms with Crippen molar-refractivity contribution >= 4 is 40.0 Å². The number of aliphatic hydroxyl groups excluding tert-OH is 1. The molecule has 0 aliphatic heterocycles. The second kappa shape index (κ2) is 11.5. The molecule has 0 atom stereocenters. The quantitative estimate of drug-likeness (QED) is 0.221. The lowest BCUT2D eigenvalue weighted by Gasteiger charge is -2.12. The van der Waals surface area contributed by atoms with Crippen LogP contribution in [0.2, 0.25) is 0 Å². The van der Waals surface area contributed by atoms with E-state index in [2.05, 4.69) is 20.9 Å². The van der Waals surface area contributed by atoms with Gasteiger partial charge in [0.15, 0.2) is 0 Å². The number of amides is 2. The van der Waals surface area contributed by atoms with Crippen LogP contribution in [0.4, 0.5) is 17.3 Å². The van der Waals surface area contributed by atoms with Gasteiger partial charge in [0.2, 0.25) is 5.95 Å². The van der Waals surface area contributed by atoms with E-state index in [0.717, 1.165) is 33.4 Å². The number of aryl methyl sites for hydroxylation is 1. The summed E-state index contributed by atoms with van der Waals surface area (Å²) >= 11 is 0. The number of aliphatic hydroxyl groups is 1. The largest absolute Gasteiger partial charge is 0.395 e. The van der Waals surface area contributed by atoms with Gasteiger partial charge in [-0.1, -0.05) is 54.6 Å². The Hall–Kier alpha value is -5.08. The molecular weight excluding hydrogens is 490 g/mol. The highest BCUT2D eigenvalue weighted by Crippen LogP contribution is 2.28. The molecule has 1 heterocycles. The van der Waals surface area contributed by atoms with Gasteiger partial charge in [-0.2, -0.15) is 0 Å². The predicted molar refractivity (Wildman–Crippen MR) is 153 cm³/mol. The molecule has 0 spiro atoms. The van der Waals surface area contributed by atoms with Crippen LogP contribution in [0.1, 0.15) is 26.3 Å². The number of carbonyl (C=O) groups is 2. The van der Waals surface area contributed by atoms with E-state index in [4.69, 9.17) is 10.1 Å². The highest BCUT2D eigenvalue weighted by Gasteiger charge is 2.13. The lowest BCUT2D eigenvalue weighted by atomic mass is 10.1. The van der Waals surface area contributed by atoms with E-state index >= 15 is 0 Å². The minimum atomic E-state index is -0.318. The summed E-state index contributed by atoms with van der Waals surface area (Å²) in [6.45, 7) is 1.87. The molecule has 0 unspecified atom stereocenters. The summed E-state index contributed by atoms with van der Waals surface area (Å²) < 4.78 is 0. The molecule has 2 amide bonds. The number of nitrogens with one attached hydrogen (secondary N) is 3. The Bertz CT molecular complexity index is 1640. The molecule has 0 bridgehead atoms. The summed E-state index contributed by atoms with van der Waals surface area (Å²) in [6.07, 6.45) is 0. The first kappa shape index (κ1) is 25.6. The number of benzene rings is 4. The van der Waals surface area contributed by atoms with Crippen molar-refractivity contribution in [3.63, 3.8) is 0 Å². The molecular formula is C31H27N5O3. The van der Waals surface area contributed by atoms with Crippen molar-refractivity contribution in [3.8, 4) is 11.3 Å². The van der Waals surface area contributed by atoms with Gasteiger partial charge in [-0.25, -0.2) is 9.97 Å². The van der Waals surface area contributed by atoms with Crippen molar-refractivity contribution in [2.75, 3.05) is 23.8 Å². The number of nitrogens with zero attached hydrogens (tertiary/aromatic N) is 2. The summed E-state index contributed by atoms with van der Waals surface area (Å²) in [7, 11) is 0. The number of hydrogen-bond donors (Lipinski definition) is 4. The molecule has 1 aromatic heterocycles. The molecule has 0 radical (unpaired) electrons. The van der Waals surface area contributed by atoms with Crippen molar-refractivity contribution in [2.45, 2.75) is 6.92 Å². The lowest BCUT2D eigenvalue weighted by molar-refractivity contribution is 0.0943. The molecule has 39 heavy (non-hydrogen) atoms. The SMILES string of the molecule is Cc1ccc(C(=O)NCCO)cc1NC(=O)c1ccc(Nc2nc(-c3ccccc3)c3ccccc3n2)cc1. The molecule has 0 fully saturated rings. The van der Waals surface area contributed by atoms with E-state index < -0.39 is 0 Å². The van der Waals surface area contributed by atoms with Crippen molar-refractivity contribution < 1.29 is 14.7 Å². The molecule has 5 rings (SSSR count). The van der Waals surface area contributed by atoms with Gasteiger partial charge in [0.05, 0.1) is 17.8 Å². The van der Waals surface area contributed by atoms with Crippen molar-refractivity contribution in [2.24, 2.45) is 0 Å². The standard InChI is InChI=1S/C31H27N5O3/c1-20-11-12-23(29(38)32-17-18-37)19-27(20)34-30(39)22-13-15-24(16-14-22)33-31-35-26-10-6-5-9-25(26)28(36-31)21-7-3-2-4-8-21/h2-16,19,37H,17-18H2,1H3,(H,32,38)(H,34,39)(H,33,35,36). The molecule has 0 aliphatic carbocycles. The van der Waals surface area contributed by atoms with Gasteiger partial charge in [0.1, 0.15) is 0 Å². The van der Waals surface area contributed by atoms with Crippen LogP contribution in [0, 0.1) is 6.92 Å². The monoisotopic (exact) mass is 517 g/mol. The summed E-state index contributed by atoms with van der Waals surface area (Å²) in [5.74, 6) is -0.163. The first-order chi connectivity index (χ1) is 19.0. The van der Waals surface area contributed by atoms with Crippen LogP contribution in [0.15, 0.2) is 97.1 Å². The number of anilines is 3. The van der Waals surface area contributed by atoms with Crippen molar-refractivity contribution in [1.29, 1.82) is 0 Å². The number of fused-ring (bicyclic) bond motifs is 1. The first-order valence-corrected chi connectivity index (χ1v) is 12.5. The first-order valence-electron chi connectivity index (χ1n) is 12.5. The molecule has 0 saturated heterocycles. The van der Waals surface area contributed by atoms with Crippen molar-refractivity contribution in [3.05, 3.63) is 114 Å². The molecule has 8 heteroatoms. The molecule has 0 aliphatic rings. The van der Waals surface area contributed by atoms with E-state index in [1.54, 1.807) is 42.5 Å². The molecule has 8 nitrogen and oxygen atoms in total. The number of aromatic nitrogens is 2. The van der Waals surface area contributed by atoms with Gasteiger partial charge in [0.25, 0.3) is 11.8 Å². The zero-order valence-corrected chi connectivity index (χ0v) is 21.3. The smallest absolute Gasteiger partial charge is 0.255 e. The second-order valence-corrected chi connectivity index (χ2v) is 8.94. The normalized spacial score (nSPS) is 10.7. The number of rotatable bonds is 8. The maximum Gasteiger partial charge on any atom is 0.255 e. The van der Waals surface area contributed by atoms with Gasteiger partial charge >= 0.3 is 0 Å². The van der Waals surface area contributed by atoms with Crippen molar-refractivity contribution in [1.82, 2.24) is 15.3 Å². The third kappa shape index (κ3) is 5.92. The minimum absolute atomic E-state index is 0.146. The van der Waals surface area contributed by atoms with Gasteiger partial charge in [-0.15, -0.1) is 0 Å². The molecule has 4 N–H and O–H groups in total. The number of carbonyl (C=O) groups excluding carboxylic acids is 2. The van der Waals surface area contributed by atoms with Crippen LogP contribution in [0.5, 0.6) is 0 Å². The zero-order chi connectivity index (χ0) is 27.2. The molecule has 0 saturated carbocycles. The minimum Gasteiger partial charge on any atom is -0.395 e. The highest BCUT2D eigenvalue weighted by atomic mass is 16.3. The van der Waals surface area contributed by atoms with Gasteiger partial charge in [-0.05, 0) is 55.0 Å². The molecule has 5 aromatic rings. The summed E-state index contributed by atoms with van der Waals surface area (Å²) in [5.41, 5.74) is 5.61. The van der Waals surface area contributed by atoms with Crippen LogP contribution in [-0.4, -0.2) is 40.0 Å². The fourth-order valence-electron chi connectivity index (χ4n) is 4.15. The Kier molecular flexibility index (Phi) is 7.56. The van der Waals surface area contributed by atoms with Crippen LogP contribution in [0.3, 0.4) is 0 Å². The zero-order valence-electron chi connectivity index (χ0n) is 21.3. The Balaban J connectivity index is 1.33. The average molecular weight is 518 g/mol. The average Bonchev–Trinajstić information content (AvgIpc) is 2.97. The van der Waals surface area contributed by atoms with Gasteiger partial charge in [0, 0.05) is 40.0 Å². The van der Waals surface area contributed by atoms with Crippen LogP contribution < -0.4 is 16.0 Å². The highest BCUT2D eigenvalue weighted by molar-refractivity contribution is 6.05. The Morgan fingerprint density at radius 1 is 0.795 bits per heavy atom. The van der Waals surface area contributed by atoms with Gasteiger partial charge < -0.3 is 21.1 Å². The van der Waals surface area contributed by atoms with E-state index in [1.807, 2.05) is 61.5 Å². The molecule has 194 valence electrons. The fourth-order valence-corrected chi connectivity index (χ4v) is 4.15. The summed E-state index contributed by atoms with van der Waals surface area (Å²) in [5, 5.41) is 18.6. The maximum atomic E-state index is 12.9. The van der Waals surface area contributed by atoms with Gasteiger partial charge in [-0.3, -0.25) is 9.59 Å². The van der Waals surface area contributed by atoms with Crippen LogP contribution in [-0.2, 0) is 0 Å². The van der Waals surface area contributed by atoms with E-state index in [0.29, 0.717) is 22.8 Å². The third-order valence-corrected chi connectivity index (χ3v) is 6.20. The predicted octanol–water partition coefficient (Wildman–Crippen LogP) is 5.32. The second-order valence-electron chi connectivity index (χ2n) is 8.94.